The first-order chi connectivity index (χ1) is 12.3. The van der Waals surface area contributed by atoms with Crippen molar-refractivity contribution in [2.24, 2.45) is 4.99 Å². The summed E-state index contributed by atoms with van der Waals surface area (Å²) in [5.74, 6) is 4.08. The third-order valence-electron chi connectivity index (χ3n) is 3.72. The van der Waals surface area contributed by atoms with Gasteiger partial charge >= 0.3 is 0 Å². The monoisotopic (exact) mass is 335 g/mol. The van der Waals surface area contributed by atoms with Crippen LogP contribution < -0.4 is 15.4 Å². The average molecular weight is 335 g/mol. The Hall–Kier alpha value is -2.93. The minimum atomic E-state index is 0.297. The summed E-state index contributed by atoms with van der Waals surface area (Å²) in [5, 5.41) is 6.67. The van der Waals surface area contributed by atoms with Gasteiger partial charge in [-0.2, -0.15) is 0 Å². The Morgan fingerprint density at radius 2 is 1.56 bits per heavy atom. The fourth-order valence-electron chi connectivity index (χ4n) is 2.39. The van der Waals surface area contributed by atoms with Crippen molar-refractivity contribution in [3.8, 4) is 18.1 Å². The Bertz CT molecular complexity index is 687. The van der Waals surface area contributed by atoms with Gasteiger partial charge in [-0.15, -0.1) is 6.42 Å². The van der Waals surface area contributed by atoms with Crippen molar-refractivity contribution in [3.05, 3.63) is 65.7 Å². The van der Waals surface area contributed by atoms with Crippen molar-refractivity contribution in [2.45, 2.75) is 12.8 Å². The number of terminal acetylenes is 1. The summed E-state index contributed by atoms with van der Waals surface area (Å²) in [6.07, 6.45) is 7.07. The van der Waals surface area contributed by atoms with Crippen LogP contribution in [0, 0.1) is 12.3 Å². The van der Waals surface area contributed by atoms with Gasteiger partial charge in [-0.25, -0.2) is 0 Å². The van der Waals surface area contributed by atoms with E-state index in [9.17, 15) is 0 Å². The highest BCUT2D eigenvalue weighted by molar-refractivity contribution is 5.79. The van der Waals surface area contributed by atoms with E-state index in [4.69, 9.17) is 11.2 Å². The van der Waals surface area contributed by atoms with Crippen LogP contribution in [-0.4, -0.2) is 32.7 Å². The molecule has 2 rings (SSSR count). The van der Waals surface area contributed by atoms with Gasteiger partial charge in [0.2, 0.25) is 0 Å². The normalized spacial score (nSPS) is 10.8. The Balaban J connectivity index is 1.67. The number of nitrogens with one attached hydrogen (secondary N) is 2. The van der Waals surface area contributed by atoms with E-state index in [1.165, 1.54) is 11.1 Å². The van der Waals surface area contributed by atoms with E-state index in [0.29, 0.717) is 6.61 Å². The molecule has 0 aliphatic carbocycles. The van der Waals surface area contributed by atoms with Gasteiger partial charge in [0.25, 0.3) is 0 Å². The topological polar surface area (TPSA) is 45.6 Å². The molecule has 0 bridgehead atoms. The molecule has 0 aliphatic heterocycles. The molecule has 0 aromatic heterocycles. The molecule has 0 unspecified atom stereocenters. The third-order valence-corrected chi connectivity index (χ3v) is 3.72. The average Bonchev–Trinajstić information content (AvgIpc) is 2.67. The van der Waals surface area contributed by atoms with Crippen molar-refractivity contribution in [1.82, 2.24) is 10.6 Å². The molecule has 130 valence electrons. The van der Waals surface area contributed by atoms with E-state index in [1.807, 2.05) is 18.2 Å². The summed E-state index contributed by atoms with van der Waals surface area (Å²) in [6, 6.07) is 18.4. The minimum absolute atomic E-state index is 0.297. The van der Waals surface area contributed by atoms with E-state index < -0.39 is 0 Å². The largest absolute Gasteiger partial charge is 0.481 e. The van der Waals surface area contributed by atoms with E-state index >= 15 is 0 Å². The SMILES string of the molecule is C#CCOc1ccc(CCNC(=NC)NCCc2ccccc2)cc1. The van der Waals surface area contributed by atoms with Crippen molar-refractivity contribution in [1.29, 1.82) is 0 Å². The smallest absolute Gasteiger partial charge is 0.190 e. The number of aliphatic imine (C=N–C) groups is 1. The highest BCUT2D eigenvalue weighted by atomic mass is 16.5. The van der Waals surface area contributed by atoms with Crippen LogP contribution in [0.2, 0.25) is 0 Å². The van der Waals surface area contributed by atoms with Gasteiger partial charge in [-0.1, -0.05) is 48.4 Å². The lowest BCUT2D eigenvalue weighted by atomic mass is 10.1. The molecule has 4 nitrogen and oxygen atoms in total. The van der Waals surface area contributed by atoms with Gasteiger partial charge in [0.1, 0.15) is 12.4 Å². The number of rotatable bonds is 8. The zero-order valence-electron chi connectivity index (χ0n) is 14.7. The Labute approximate surface area is 150 Å². The highest BCUT2D eigenvalue weighted by Crippen LogP contribution is 2.12. The lowest BCUT2D eigenvalue weighted by molar-refractivity contribution is 0.370. The molecule has 0 fully saturated rings. The summed E-state index contributed by atoms with van der Waals surface area (Å²) >= 11 is 0. The Morgan fingerprint density at radius 1 is 0.960 bits per heavy atom. The first kappa shape index (κ1) is 18.4. The number of guanidine groups is 1. The number of benzene rings is 2. The first-order valence-electron chi connectivity index (χ1n) is 8.45. The van der Waals surface area contributed by atoms with Crippen molar-refractivity contribution < 1.29 is 4.74 Å². The molecule has 0 heterocycles. The van der Waals surface area contributed by atoms with Crippen LogP contribution in [0.3, 0.4) is 0 Å². The number of hydrogen-bond donors (Lipinski definition) is 2. The zero-order valence-corrected chi connectivity index (χ0v) is 14.7. The predicted octanol–water partition coefficient (Wildman–Crippen LogP) is 2.65. The molecule has 0 saturated carbocycles. The number of nitrogens with zero attached hydrogens (tertiary/aromatic N) is 1. The fraction of sp³-hybridized carbons (Fsp3) is 0.286. The van der Waals surface area contributed by atoms with Crippen molar-refractivity contribution in [2.75, 3.05) is 26.7 Å². The summed E-state index contributed by atoms with van der Waals surface area (Å²) in [7, 11) is 1.79. The van der Waals surface area contributed by atoms with Gasteiger partial charge < -0.3 is 15.4 Å². The summed E-state index contributed by atoms with van der Waals surface area (Å²) in [6.45, 7) is 1.96. The molecule has 0 atom stereocenters. The van der Waals surface area contributed by atoms with Gasteiger partial charge in [-0.05, 0) is 36.1 Å². The Morgan fingerprint density at radius 3 is 2.12 bits per heavy atom. The Kier molecular flexibility index (Phi) is 7.93. The second kappa shape index (κ2) is 10.8. The van der Waals surface area contributed by atoms with Crippen molar-refractivity contribution >= 4 is 5.96 Å². The number of hydrogen-bond acceptors (Lipinski definition) is 2. The predicted molar refractivity (Wildman–Crippen MR) is 104 cm³/mol. The summed E-state index contributed by atoms with van der Waals surface area (Å²) < 4.78 is 5.37. The van der Waals surface area contributed by atoms with Crippen LogP contribution >= 0.6 is 0 Å². The molecule has 2 N–H and O–H groups in total. The molecule has 2 aromatic rings. The second-order valence-corrected chi connectivity index (χ2v) is 5.55. The molecule has 0 amide bonds. The molecular weight excluding hydrogens is 310 g/mol. The zero-order chi connectivity index (χ0) is 17.7. The maximum atomic E-state index is 5.37. The van der Waals surface area contributed by atoms with Crippen LogP contribution in [-0.2, 0) is 12.8 Å². The molecule has 4 heteroatoms. The first-order valence-corrected chi connectivity index (χ1v) is 8.45. The van der Waals surface area contributed by atoms with Crippen molar-refractivity contribution in [3.63, 3.8) is 0 Å². The molecule has 2 aromatic carbocycles. The number of ether oxygens (including phenoxy) is 1. The quantitative estimate of drug-likeness (QED) is 0.443. The van der Waals surface area contributed by atoms with E-state index in [0.717, 1.165) is 37.6 Å². The van der Waals surface area contributed by atoms with Gasteiger partial charge in [0.15, 0.2) is 5.96 Å². The van der Waals surface area contributed by atoms with Gasteiger partial charge in [0.05, 0.1) is 0 Å². The molecule has 25 heavy (non-hydrogen) atoms. The molecule has 0 radical (unpaired) electrons. The maximum absolute atomic E-state index is 5.37. The lowest BCUT2D eigenvalue weighted by Gasteiger charge is -2.12. The molecule has 0 spiro atoms. The molecular formula is C21H25N3O. The maximum Gasteiger partial charge on any atom is 0.190 e. The van der Waals surface area contributed by atoms with Crippen LogP contribution in [0.15, 0.2) is 59.6 Å². The van der Waals surface area contributed by atoms with Crippen LogP contribution in [0.1, 0.15) is 11.1 Å². The van der Waals surface area contributed by atoms with E-state index in [-0.39, 0.29) is 0 Å². The second-order valence-electron chi connectivity index (χ2n) is 5.55. The van der Waals surface area contributed by atoms with Gasteiger partial charge in [-0.3, -0.25) is 4.99 Å². The highest BCUT2D eigenvalue weighted by Gasteiger charge is 1.99. The molecule has 0 saturated heterocycles. The van der Waals surface area contributed by atoms with E-state index in [2.05, 4.69) is 57.9 Å². The standard InChI is InChI=1S/C21H25N3O/c1-3-17-25-20-11-9-19(10-12-20)14-16-24-21(22-2)23-15-13-18-7-5-4-6-8-18/h1,4-12H,13-17H2,2H3,(H2,22,23,24). The lowest BCUT2D eigenvalue weighted by Crippen LogP contribution is -2.39. The summed E-state index contributed by atoms with van der Waals surface area (Å²) in [4.78, 5) is 4.25. The van der Waals surface area contributed by atoms with Gasteiger partial charge in [0, 0.05) is 20.1 Å². The molecule has 0 aliphatic rings. The van der Waals surface area contributed by atoms with E-state index in [1.54, 1.807) is 7.05 Å². The van der Waals surface area contributed by atoms with Crippen LogP contribution in [0.5, 0.6) is 5.75 Å². The van der Waals surface area contributed by atoms with Crippen LogP contribution in [0.25, 0.3) is 0 Å². The fourth-order valence-corrected chi connectivity index (χ4v) is 2.39. The summed E-state index contributed by atoms with van der Waals surface area (Å²) in [5.41, 5.74) is 2.55. The third kappa shape index (κ3) is 7.01. The van der Waals surface area contributed by atoms with Crippen LogP contribution in [0.4, 0.5) is 0 Å². The minimum Gasteiger partial charge on any atom is -0.481 e.